The Kier molecular flexibility index (Phi) is 5.73. The average Bonchev–Trinajstić information content (AvgIpc) is 2.35. The molecule has 0 bridgehead atoms. The van der Waals surface area contributed by atoms with Crippen LogP contribution >= 0.6 is 0 Å². The van der Waals surface area contributed by atoms with E-state index in [9.17, 15) is 0 Å². The molecule has 0 aliphatic carbocycles. The number of rotatable bonds is 6. The minimum atomic E-state index is -0.0961. The third-order valence-corrected chi connectivity index (χ3v) is 2.97. The summed E-state index contributed by atoms with van der Waals surface area (Å²) in [5.41, 5.74) is 1.03. The Bertz CT molecular complexity index is 399. The number of methoxy groups -OCH3 is 1. The van der Waals surface area contributed by atoms with Crippen molar-refractivity contribution < 1.29 is 4.74 Å². The van der Waals surface area contributed by atoms with Gasteiger partial charge in [0.1, 0.15) is 11.9 Å². The first-order valence-electron chi connectivity index (χ1n) is 7.06. The largest absolute Gasteiger partial charge is 0.373 e. The molecule has 0 saturated heterocycles. The van der Waals surface area contributed by atoms with Gasteiger partial charge in [0.05, 0.1) is 0 Å². The van der Waals surface area contributed by atoms with E-state index in [1.807, 2.05) is 6.07 Å². The molecule has 1 atom stereocenters. The molecular weight excluding hydrogens is 238 g/mol. The monoisotopic (exact) mass is 265 g/mol. The van der Waals surface area contributed by atoms with Gasteiger partial charge in [0.15, 0.2) is 5.82 Å². The van der Waals surface area contributed by atoms with Crippen molar-refractivity contribution in [1.29, 1.82) is 0 Å². The summed E-state index contributed by atoms with van der Waals surface area (Å²) in [5.74, 6) is 1.67. The van der Waals surface area contributed by atoms with Crippen LogP contribution in [0, 0.1) is 5.41 Å². The molecule has 108 valence electrons. The van der Waals surface area contributed by atoms with Crippen molar-refractivity contribution in [2.24, 2.45) is 5.41 Å². The Labute approximate surface area is 117 Å². The van der Waals surface area contributed by atoms with Crippen LogP contribution in [-0.4, -0.2) is 23.6 Å². The van der Waals surface area contributed by atoms with Crippen LogP contribution < -0.4 is 5.32 Å². The Hall–Kier alpha value is -1.16. The second-order valence-electron chi connectivity index (χ2n) is 5.86. The predicted octanol–water partition coefficient (Wildman–Crippen LogP) is 3.59. The van der Waals surface area contributed by atoms with E-state index in [1.165, 1.54) is 0 Å². The number of aromatic nitrogens is 2. The fraction of sp³-hybridized carbons (Fsp3) is 0.733. The van der Waals surface area contributed by atoms with Gasteiger partial charge in [-0.15, -0.1) is 0 Å². The van der Waals surface area contributed by atoms with Crippen LogP contribution in [0.25, 0.3) is 0 Å². The van der Waals surface area contributed by atoms with Gasteiger partial charge in [-0.3, -0.25) is 0 Å². The highest BCUT2D eigenvalue weighted by molar-refractivity contribution is 5.36. The Morgan fingerprint density at radius 2 is 1.95 bits per heavy atom. The lowest BCUT2D eigenvalue weighted by molar-refractivity contribution is 0.00862. The molecule has 0 aliphatic heterocycles. The van der Waals surface area contributed by atoms with Crippen LogP contribution in [0.15, 0.2) is 6.07 Å². The highest BCUT2D eigenvalue weighted by Crippen LogP contribution is 2.34. The third-order valence-electron chi connectivity index (χ3n) is 2.97. The molecule has 1 aromatic heterocycles. The van der Waals surface area contributed by atoms with Crippen molar-refractivity contribution in [2.45, 2.75) is 53.6 Å². The van der Waals surface area contributed by atoms with Crippen LogP contribution in [0.3, 0.4) is 0 Å². The minimum absolute atomic E-state index is 0.0247. The first-order chi connectivity index (χ1) is 8.92. The van der Waals surface area contributed by atoms with E-state index in [2.05, 4.69) is 49.9 Å². The zero-order valence-corrected chi connectivity index (χ0v) is 13.1. The summed E-state index contributed by atoms with van der Waals surface area (Å²) in [7, 11) is 1.72. The molecule has 1 aromatic rings. The molecule has 0 aliphatic rings. The average molecular weight is 265 g/mol. The molecule has 4 heteroatoms. The molecule has 1 unspecified atom stereocenters. The van der Waals surface area contributed by atoms with Crippen molar-refractivity contribution >= 4 is 5.82 Å². The van der Waals surface area contributed by atoms with Crippen molar-refractivity contribution in [3.05, 3.63) is 17.6 Å². The molecule has 1 rings (SSSR count). The van der Waals surface area contributed by atoms with Crippen LogP contribution in [0.5, 0.6) is 0 Å². The van der Waals surface area contributed by atoms with Crippen LogP contribution in [0.1, 0.15) is 58.7 Å². The normalized spacial score (nSPS) is 13.4. The Morgan fingerprint density at radius 3 is 2.42 bits per heavy atom. The first kappa shape index (κ1) is 15.9. The summed E-state index contributed by atoms with van der Waals surface area (Å²) in [6.45, 7) is 11.6. The van der Waals surface area contributed by atoms with Gasteiger partial charge in [0, 0.05) is 25.4 Å². The molecule has 4 nitrogen and oxygen atoms in total. The number of hydrogen-bond acceptors (Lipinski definition) is 4. The van der Waals surface area contributed by atoms with Gasteiger partial charge in [0.2, 0.25) is 0 Å². The Balaban J connectivity index is 3.11. The van der Waals surface area contributed by atoms with Crippen molar-refractivity contribution in [2.75, 3.05) is 19.0 Å². The third kappa shape index (κ3) is 4.46. The lowest BCUT2D eigenvalue weighted by Gasteiger charge is -2.28. The maximum absolute atomic E-state index is 5.61. The highest BCUT2D eigenvalue weighted by atomic mass is 16.5. The molecular formula is C15H27N3O. The maximum Gasteiger partial charge on any atom is 0.160 e. The van der Waals surface area contributed by atoms with E-state index in [1.54, 1.807) is 7.11 Å². The van der Waals surface area contributed by atoms with Crippen LogP contribution in [0.4, 0.5) is 5.82 Å². The second-order valence-corrected chi connectivity index (χ2v) is 5.86. The molecule has 0 aromatic carbocycles. The molecule has 1 heterocycles. The SMILES string of the molecule is CCCNc1cc(CC)nc(C(OC)C(C)(C)C)n1. The fourth-order valence-corrected chi connectivity index (χ4v) is 2.01. The summed E-state index contributed by atoms with van der Waals surface area (Å²) in [5, 5.41) is 3.33. The summed E-state index contributed by atoms with van der Waals surface area (Å²) in [4.78, 5) is 9.23. The van der Waals surface area contributed by atoms with Crippen LogP contribution in [0.2, 0.25) is 0 Å². The second kappa shape index (κ2) is 6.85. The minimum Gasteiger partial charge on any atom is -0.373 e. The summed E-state index contributed by atoms with van der Waals surface area (Å²) in [6.07, 6.45) is 1.88. The van der Waals surface area contributed by atoms with Gasteiger partial charge in [-0.25, -0.2) is 9.97 Å². The number of anilines is 1. The standard InChI is InChI=1S/C15H27N3O/c1-7-9-16-12-10-11(8-2)17-14(18-12)13(19-6)15(3,4)5/h10,13H,7-9H2,1-6H3,(H,16,17,18). The molecule has 0 radical (unpaired) electrons. The quantitative estimate of drug-likeness (QED) is 0.853. The molecule has 0 amide bonds. The topological polar surface area (TPSA) is 47.0 Å². The molecule has 0 fully saturated rings. The molecule has 1 N–H and O–H groups in total. The van der Waals surface area contributed by atoms with Gasteiger partial charge >= 0.3 is 0 Å². The maximum atomic E-state index is 5.61. The van der Waals surface area contributed by atoms with Gasteiger partial charge in [-0.05, 0) is 18.3 Å². The van der Waals surface area contributed by atoms with E-state index in [4.69, 9.17) is 4.74 Å². The first-order valence-corrected chi connectivity index (χ1v) is 7.06. The van der Waals surface area contributed by atoms with E-state index in [-0.39, 0.29) is 11.5 Å². The lowest BCUT2D eigenvalue weighted by atomic mass is 9.88. The van der Waals surface area contributed by atoms with Gasteiger partial charge in [-0.2, -0.15) is 0 Å². The van der Waals surface area contributed by atoms with E-state index in [0.29, 0.717) is 0 Å². The fourth-order valence-electron chi connectivity index (χ4n) is 2.01. The Morgan fingerprint density at radius 1 is 1.26 bits per heavy atom. The summed E-state index contributed by atoms with van der Waals surface area (Å²) in [6, 6.07) is 2.02. The van der Waals surface area contributed by atoms with Crippen LogP contribution in [-0.2, 0) is 11.2 Å². The number of aryl methyl sites for hydroxylation is 1. The molecule has 0 spiro atoms. The molecule has 0 saturated carbocycles. The zero-order valence-electron chi connectivity index (χ0n) is 13.1. The van der Waals surface area contributed by atoms with E-state index >= 15 is 0 Å². The smallest absolute Gasteiger partial charge is 0.160 e. The highest BCUT2D eigenvalue weighted by Gasteiger charge is 2.29. The predicted molar refractivity (Wildman–Crippen MR) is 79.4 cm³/mol. The summed E-state index contributed by atoms with van der Waals surface area (Å²) < 4.78 is 5.61. The zero-order chi connectivity index (χ0) is 14.5. The number of nitrogens with zero attached hydrogens (tertiary/aromatic N) is 2. The molecule has 19 heavy (non-hydrogen) atoms. The van der Waals surface area contributed by atoms with Crippen molar-refractivity contribution in [1.82, 2.24) is 9.97 Å². The van der Waals surface area contributed by atoms with Crippen molar-refractivity contribution in [3.63, 3.8) is 0 Å². The van der Waals surface area contributed by atoms with Gasteiger partial charge in [0.25, 0.3) is 0 Å². The van der Waals surface area contributed by atoms with Gasteiger partial charge < -0.3 is 10.1 Å². The number of nitrogens with one attached hydrogen (secondary N) is 1. The number of ether oxygens (including phenoxy) is 1. The van der Waals surface area contributed by atoms with E-state index in [0.717, 1.165) is 36.7 Å². The lowest BCUT2D eigenvalue weighted by Crippen LogP contribution is -2.23. The summed E-state index contributed by atoms with van der Waals surface area (Å²) >= 11 is 0. The van der Waals surface area contributed by atoms with E-state index < -0.39 is 0 Å². The van der Waals surface area contributed by atoms with Gasteiger partial charge in [-0.1, -0.05) is 34.6 Å². The number of hydrogen-bond donors (Lipinski definition) is 1. The van der Waals surface area contributed by atoms with Crippen molar-refractivity contribution in [3.8, 4) is 0 Å².